The van der Waals surface area contributed by atoms with Gasteiger partial charge >= 0.3 is 12.0 Å². The van der Waals surface area contributed by atoms with Crippen molar-refractivity contribution in [3.8, 4) is 0 Å². The fourth-order valence-corrected chi connectivity index (χ4v) is 2.87. The molecule has 0 radical (unpaired) electrons. The zero-order valence-electron chi connectivity index (χ0n) is 14.9. The summed E-state index contributed by atoms with van der Waals surface area (Å²) in [5, 5.41) is 13.1. The van der Waals surface area contributed by atoms with Gasteiger partial charge in [0, 0.05) is 29.8 Å². The Morgan fingerprint density at radius 2 is 2.04 bits per heavy atom. The van der Waals surface area contributed by atoms with Crippen molar-refractivity contribution in [1.82, 2.24) is 10.2 Å². The Morgan fingerprint density at radius 1 is 1.33 bits per heavy atom. The number of nitrogens with one attached hydrogen (secondary N) is 1. The van der Waals surface area contributed by atoms with Crippen LogP contribution in [0.1, 0.15) is 38.3 Å². The molecule has 1 atom stereocenters. The van der Waals surface area contributed by atoms with Crippen LogP contribution in [-0.4, -0.2) is 36.0 Å². The molecule has 0 spiro atoms. The van der Waals surface area contributed by atoms with Gasteiger partial charge in [0.05, 0.1) is 18.2 Å². The van der Waals surface area contributed by atoms with E-state index in [9.17, 15) is 28.3 Å². The molecule has 7 nitrogen and oxygen atoms in total. The predicted octanol–water partition coefficient (Wildman–Crippen LogP) is 1.40. The van der Waals surface area contributed by atoms with Crippen molar-refractivity contribution >= 4 is 18.0 Å². The Bertz CT molecular complexity index is 794. The monoisotopic (exact) mass is 381 g/mol. The van der Waals surface area contributed by atoms with Crippen LogP contribution in [0.5, 0.6) is 0 Å². The first-order valence-electron chi connectivity index (χ1n) is 8.37. The lowest BCUT2D eigenvalue weighted by Crippen LogP contribution is -2.48. The fourth-order valence-electron chi connectivity index (χ4n) is 2.87. The van der Waals surface area contributed by atoms with Crippen molar-refractivity contribution in [2.75, 3.05) is 13.2 Å². The van der Waals surface area contributed by atoms with Gasteiger partial charge in [0.1, 0.15) is 11.6 Å². The van der Waals surface area contributed by atoms with E-state index in [4.69, 9.17) is 4.74 Å². The van der Waals surface area contributed by atoms with Gasteiger partial charge in [0.2, 0.25) is 0 Å². The molecule has 0 bridgehead atoms. The van der Waals surface area contributed by atoms with Gasteiger partial charge in [-0.15, -0.1) is 0 Å². The van der Waals surface area contributed by atoms with Crippen LogP contribution in [0.2, 0.25) is 0 Å². The first-order chi connectivity index (χ1) is 12.8. The quantitative estimate of drug-likeness (QED) is 0.720. The number of hydrogen-bond donors (Lipinski definition) is 1. The maximum atomic E-state index is 14.2. The smallest absolute Gasteiger partial charge is 0.338 e. The van der Waals surface area contributed by atoms with E-state index in [0.717, 1.165) is 12.1 Å². The standard InChI is InChI=1S/C18H20F2N2O5/c1-3-27-17(25)15-10(2)22(8-4-5-14(23)24)18(26)21-16(15)12-7-6-11(19)9-13(12)20/h6-7,9,16H,3-5,8H2,1-2H3,(H,21,26)(H,23,24)/p-1/t16-/m0/s1. The molecule has 0 saturated carbocycles. The highest BCUT2D eigenvalue weighted by Crippen LogP contribution is 2.33. The number of benzene rings is 1. The lowest BCUT2D eigenvalue weighted by Gasteiger charge is -2.35. The van der Waals surface area contributed by atoms with E-state index in [1.807, 2.05) is 0 Å². The number of rotatable bonds is 7. The third kappa shape index (κ3) is 4.60. The van der Waals surface area contributed by atoms with Gasteiger partial charge in [-0.05, 0) is 32.8 Å². The molecule has 0 fully saturated rings. The van der Waals surface area contributed by atoms with Crippen LogP contribution >= 0.6 is 0 Å². The highest BCUT2D eigenvalue weighted by molar-refractivity contribution is 5.95. The fraction of sp³-hybridized carbons (Fsp3) is 0.389. The van der Waals surface area contributed by atoms with Crippen LogP contribution in [-0.2, 0) is 14.3 Å². The first kappa shape index (κ1) is 20.3. The van der Waals surface area contributed by atoms with E-state index < -0.39 is 35.6 Å². The molecule has 0 aliphatic carbocycles. The molecule has 1 N–H and O–H groups in total. The lowest BCUT2D eigenvalue weighted by atomic mass is 9.94. The maximum absolute atomic E-state index is 14.2. The van der Waals surface area contributed by atoms with Gasteiger partial charge < -0.3 is 20.0 Å². The van der Waals surface area contributed by atoms with Crippen molar-refractivity contribution in [3.63, 3.8) is 0 Å². The average Bonchev–Trinajstić information content (AvgIpc) is 2.57. The molecule has 1 aromatic rings. The van der Waals surface area contributed by atoms with Crippen LogP contribution in [0.15, 0.2) is 29.5 Å². The highest BCUT2D eigenvalue weighted by atomic mass is 19.1. The van der Waals surface area contributed by atoms with Crippen molar-refractivity contribution in [2.45, 2.75) is 32.7 Å². The lowest BCUT2D eigenvalue weighted by molar-refractivity contribution is -0.305. The Kier molecular flexibility index (Phi) is 6.49. The third-order valence-corrected chi connectivity index (χ3v) is 4.13. The SMILES string of the molecule is CCOC(=O)C1=C(C)N(CCCC(=O)[O-])C(=O)N[C@H]1c1ccc(F)cc1F. The molecule has 1 heterocycles. The minimum absolute atomic E-state index is 0.00425. The maximum Gasteiger partial charge on any atom is 0.338 e. The van der Waals surface area contributed by atoms with Crippen LogP contribution in [0, 0.1) is 11.6 Å². The molecule has 1 aliphatic heterocycles. The minimum Gasteiger partial charge on any atom is -0.550 e. The van der Waals surface area contributed by atoms with E-state index in [0.29, 0.717) is 6.07 Å². The second-order valence-corrected chi connectivity index (χ2v) is 5.90. The Hall–Kier alpha value is -2.97. The number of aliphatic carboxylic acids is 1. The van der Waals surface area contributed by atoms with Crippen LogP contribution in [0.3, 0.4) is 0 Å². The zero-order valence-corrected chi connectivity index (χ0v) is 14.9. The molecule has 146 valence electrons. The molecule has 0 unspecified atom stereocenters. The average molecular weight is 381 g/mol. The first-order valence-corrected chi connectivity index (χ1v) is 8.37. The second-order valence-electron chi connectivity index (χ2n) is 5.90. The Balaban J connectivity index is 2.44. The number of carbonyl (C=O) groups excluding carboxylic acids is 3. The topological polar surface area (TPSA) is 98.8 Å². The van der Waals surface area contributed by atoms with Gasteiger partial charge in [0.25, 0.3) is 0 Å². The molecule has 2 rings (SSSR count). The summed E-state index contributed by atoms with van der Waals surface area (Å²) in [5.74, 6) is -3.72. The van der Waals surface area contributed by atoms with Gasteiger partial charge in [0.15, 0.2) is 0 Å². The van der Waals surface area contributed by atoms with Gasteiger partial charge in [-0.2, -0.15) is 0 Å². The number of esters is 1. The van der Waals surface area contributed by atoms with E-state index >= 15 is 0 Å². The number of carboxylic acids is 1. The number of halogens is 2. The van der Waals surface area contributed by atoms with Crippen molar-refractivity contribution in [2.24, 2.45) is 0 Å². The summed E-state index contributed by atoms with van der Waals surface area (Å²) in [6.45, 7) is 3.17. The van der Waals surface area contributed by atoms with Crippen LogP contribution in [0.4, 0.5) is 13.6 Å². The summed E-state index contributed by atoms with van der Waals surface area (Å²) in [6, 6.07) is 1.04. The molecule has 1 aliphatic rings. The molecule has 0 aromatic heterocycles. The highest BCUT2D eigenvalue weighted by Gasteiger charge is 2.37. The van der Waals surface area contributed by atoms with E-state index in [1.54, 1.807) is 6.92 Å². The van der Waals surface area contributed by atoms with Crippen LogP contribution < -0.4 is 10.4 Å². The third-order valence-electron chi connectivity index (χ3n) is 4.13. The summed E-state index contributed by atoms with van der Waals surface area (Å²) < 4.78 is 32.5. The number of allylic oxidation sites excluding steroid dienone is 1. The number of carbonyl (C=O) groups is 3. The number of ether oxygens (including phenoxy) is 1. The Morgan fingerprint density at radius 3 is 2.63 bits per heavy atom. The van der Waals surface area contributed by atoms with E-state index in [-0.39, 0.29) is 42.8 Å². The van der Waals surface area contributed by atoms with Crippen molar-refractivity contribution in [3.05, 3.63) is 46.7 Å². The van der Waals surface area contributed by atoms with E-state index in [2.05, 4.69) is 5.32 Å². The van der Waals surface area contributed by atoms with Crippen molar-refractivity contribution < 1.29 is 33.0 Å². The largest absolute Gasteiger partial charge is 0.550 e. The minimum atomic E-state index is -1.26. The van der Waals surface area contributed by atoms with Gasteiger partial charge in [-0.1, -0.05) is 6.07 Å². The van der Waals surface area contributed by atoms with Crippen molar-refractivity contribution in [1.29, 1.82) is 0 Å². The van der Waals surface area contributed by atoms with E-state index in [1.165, 1.54) is 11.8 Å². The summed E-state index contributed by atoms with van der Waals surface area (Å²) in [7, 11) is 0. The molecule has 0 saturated heterocycles. The van der Waals surface area contributed by atoms with Gasteiger partial charge in [-0.3, -0.25) is 4.90 Å². The summed E-state index contributed by atoms with van der Waals surface area (Å²) in [5.41, 5.74) is 0.126. The molecular weight excluding hydrogens is 362 g/mol. The summed E-state index contributed by atoms with van der Waals surface area (Å²) >= 11 is 0. The predicted molar refractivity (Wildman–Crippen MR) is 87.9 cm³/mol. The molecule has 2 amide bonds. The number of urea groups is 1. The summed E-state index contributed by atoms with van der Waals surface area (Å²) in [6.07, 6.45) is -0.152. The molecule has 9 heteroatoms. The number of hydrogen-bond acceptors (Lipinski definition) is 5. The molecular formula is C18H19F2N2O5-. The molecule has 27 heavy (non-hydrogen) atoms. The van der Waals surface area contributed by atoms with Crippen LogP contribution in [0.25, 0.3) is 0 Å². The number of carboxylic acid groups (broad SMARTS) is 1. The number of amides is 2. The van der Waals surface area contributed by atoms with Gasteiger partial charge in [-0.25, -0.2) is 18.4 Å². The zero-order chi connectivity index (χ0) is 20.1. The normalized spacial score (nSPS) is 17.0. The second kappa shape index (κ2) is 8.61. The number of nitrogens with zero attached hydrogens (tertiary/aromatic N) is 1. The Labute approximate surface area is 154 Å². The summed E-state index contributed by atoms with van der Waals surface area (Å²) in [4.78, 5) is 36.6. The molecule has 1 aromatic carbocycles.